The van der Waals surface area contributed by atoms with Crippen LogP contribution in [0.25, 0.3) is 0 Å². The molecule has 10 heterocycles. The van der Waals surface area contributed by atoms with Crippen LogP contribution < -0.4 is 28.3 Å². The summed E-state index contributed by atoms with van der Waals surface area (Å²) in [4.78, 5) is 27.1. The van der Waals surface area contributed by atoms with E-state index in [0.717, 1.165) is 51.2 Å². The molecule has 30 nitrogen and oxygen atoms in total. The van der Waals surface area contributed by atoms with Gasteiger partial charge in [0.05, 0.1) is 39.8 Å². The van der Waals surface area contributed by atoms with Gasteiger partial charge < -0.3 is 117 Å². The fourth-order valence-electron chi connectivity index (χ4n) is 12.3. The molecule has 10 rings (SSSR count). The molecule has 36 heteroatoms. The minimum Gasteiger partial charge on any atom is -0.388 e. The molecule has 108 heavy (non-hydrogen) atoms. The van der Waals surface area contributed by atoms with E-state index in [1.165, 1.54) is 10.9 Å². The lowest BCUT2D eigenvalue weighted by molar-refractivity contribution is -0.578. The van der Waals surface area contributed by atoms with Crippen molar-refractivity contribution >= 4 is 124 Å². The van der Waals surface area contributed by atoms with Gasteiger partial charge in [-0.3, -0.25) is 0 Å². The molecule has 0 amide bonds. The predicted molar refractivity (Wildman–Crippen MR) is 461 cm³/mol. The Bertz CT molecular complexity index is 3670. The van der Waals surface area contributed by atoms with Crippen LogP contribution >= 0.6 is 57.0 Å². The van der Waals surface area contributed by atoms with E-state index in [1.807, 2.05) is 27.0 Å². The van der Waals surface area contributed by atoms with E-state index in [9.17, 15) is 51.1 Å². The fraction of sp³-hybridized carbons (Fsp3) is 0.597. The van der Waals surface area contributed by atoms with Crippen LogP contribution in [0.2, 0.25) is 0 Å². The van der Waals surface area contributed by atoms with Gasteiger partial charge in [0.2, 0.25) is 18.4 Å². The van der Waals surface area contributed by atoms with Crippen LogP contribution in [0.3, 0.4) is 0 Å². The minimum atomic E-state index is -1.20. The molecule has 5 saturated heterocycles. The highest BCUT2D eigenvalue weighted by atomic mass is 127. The summed E-state index contributed by atoms with van der Waals surface area (Å²) in [5.74, 6) is 3.51. The van der Waals surface area contributed by atoms with Crippen molar-refractivity contribution in [3.05, 3.63) is 108 Å². The van der Waals surface area contributed by atoms with Crippen molar-refractivity contribution in [3.8, 4) is 0 Å². The SMILES string of the molecule is C=C1N=C(C)C(I)=CN1C1O[C@H](CCP(=C)(C)C)[C@@H](O)[C@H]1O.C=C1N=C(N)C(C)=CN1C1O[C@H](CCP(=C)(C)C)[C@@H](O)[C@H]1O.C=C1N=C(N)C(C)=CN1C1O[C@H](CCP(=C)(C)C)[C@@H](O)[C@H]1O.C=C1N=C(N)C=CN1C1O[C@H](CCP(=C)(C)C)[C@@H](O)[C@H]1O.C=C1NC(N)=NC=[N+]1C1O[C@H](CCP(=C)(C)C)[C@@H](O)[C@H]1O. The van der Waals surface area contributed by atoms with Crippen LogP contribution in [-0.2, 0) is 23.7 Å². The lowest BCUT2D eigenvalue weighted by Gasteiger charge is -2.31. The van der Waals surface area contributed by atoms with Gasteiger partial charge in [-0.15, -0.1) is 65.9 Å². The quantitative estimate of drug-likeness (QED) is 0.0472. The number of ether oxygens (including phenoxy) is 5. The van der Waals surface area contributed by atoms with Gasteiger partial charge in [-0.25, -0.2) is 29.9 Å². The minimum absolute atomic E-state index is 0.226. The van der Waals surface area contributed by atoms with Crippen LogP contribution in [0.4, 0.5) is 0 Å². The number of aliphatic hydroxyl groups excluding tert-OH is 10. The highest BCUT2D eigenvalue weighted by Crippen LogP contribution is 2.44. The second-order valence-corrected chi connectivity index (χ2v) is 54.8. The van der Waals surface area contributed by atoms with Crippen molar-refractivity contribution in [3.63, 3.8) is 0 Å². The maximum atomic E-state index is 10.3. The van der Waals surface area contributed by atoms with Crippen LogP contribution in [-0.4, -0.2) is 362 Å². The highest BCUT2D eigenvalue weighted by Gasteiger charge is 2.51. The number of nitrogens with two attached hydrogens (primary N) is 4. The Kier molecular flexibility index (Phi) is 32.6. The molecule has 0 spiro atoms. The van der Waals surface area contributed by atoms with E-state index >= 15 is 0 Å². The van der Waals surface area contributed by atoms with E-state index in [4.69, 9.17) is 46.6 Å². The predicted octanol–water partition coefficient (Wildman–Crippen LogP) is 2.37. The van der Waals surface area contributed by atoms with E-state index in [-0.39, 0.29) is 12.1 Å². The molecule has 0 radical (unpaired) electrons. The first-order chi connectivity index (χ1) is 49.7. The topological polar surface area (TPSA) is 442 Å². The molecule has 0 aliphatic carbocycles. The highest BCUT2D eigenvalue weighted by molar-refractivity contribution is 14.1. The number of allylic oxidation sites excluding steroid dienone is 1. The molecule has 0 aromatic heterocycles. The van der Waals surface area contributed by atoms with Gasteiger partial charge in [0.1, 0.15) is 102 Å². The average Bonchev–Trinajstić information content (AvgIpc) is 1.67. The third-order valence-electron chi connectivity index (χ3n) is 18.8. The van der Waals surface area contributed by atoms with E-state index in [2.05, 4.69) is 184 Å². The van der Waals surface area contributed by atoms with Gasteiger partial charge in [0.25, 0.3) is 0 Å². The number of nitrogens with one attached hydrogen (secondary N) is 1. The fourth-order valence-corrected chi connectivity index (χ4v) is 17.5. The molecule has 10 aliphatic heterocycles. The van der Waals surface area contributed by atoms with Gasteiger partial charge in [-0.05, 0) is 186 Å². The zero-order chi connectivity index (χ0) is 81.5. The molecule has 0 saturated carbocycles. The van der Waals surface area contributed by atoms with Crippen molar-refractivity contribution in [1.82, 2.24) is 24.9 Å². The summed E-state index contributed by atoms with van der Waals surface area (Å²) in [6.45, 7) is 40.1. The van der Waals surface area contributed by atoms with Gasteiger partial charge in [-0.2, -0.15) is 0 Å². The first kappa shape index (κ1) is 92.4. The third kappa shape index (κ3) is 25.8. The Morgan fingerprint density at radius 2 is 0.731 bits per heavy atom. The first-order valence-electron chi connectivity index (χ1n) is 35.4. The molecule has 608 valence electrons. The zero-order valence-electron chi connectivity index (χ0n) is 65.1. The second-order valence-electron chi connectivity index (χ2n) is 32.0. The summed E-state index contributed by atoms with van der Waals surface area (Å²) in [5.41, 5.74) is 25.1. The Labute approximate surface area is 652 Å². The number of hydrogen-bond acceptors (Lipinski definition) is 29. The smallest absolute Gasteiger partial charge is 0.335 e. The Hall–Kier alpha value is -4.49. The largest absolute Gasteiger partial charge is 0.388 e. The molecule has 0 bridgehead atoms. The number of aliphatic hydroxyl groups is 10. The van der Waals surface area contributed by atoms with Crippen LogP contribution in [0, 0.1) is 0 Å². The summed E-state index contributed by atoms with van der Waals surface area (Å²) in [6, 6.07) is 0. The lowest BCUT2D eigenvalue weighted by atomic mass is 10.1. The molecule has 20 atom stereocenters. The number of hydrogen-bond donors (Lipinski definition) is 15. The molecular weight excluding hydrogens is 1600 g/mol. The summed E-state index contributed by atoms with van der Waals surface area (Å²) in [5, 5.41) is 105. The maximum Gasteiger partial charge on any atom is 0.335 e. The molecule has 0 aromatic rings. The van der Waals surface area contributed by atoms with Gasteiger partial charge in [0.15, 0.2) is 24.9 Å². The van der Waals surface area contributed by atoms with E-state index in [1.54, 1.807) is 44.3 Å². The van der Waals surface area contributed by atoms with Crippen molar-refractivity contribution in [2.75, 3.05) is 97.5 Å². The second kappa shape index (κ2) is 38.1. The number of aliphatic imine (C=N–C) groups is 5. The van der Waals surface area contributed by atoms with Crippen LogP contribution in [0.1, 0.15) is 52.9 Å². The number of amidine groups is 3. The summed E-state index contributed by atoms with van der Waals surface area (Å²) in [6.07, 6.45) is 23.5. The lowest BCUT2D eigenvalue weighted by Crippen LogP contribution is -2.46. The average molecular weight is 1720 g/mol. The number of nitrogens with zero attached hydrogens (tertiary/aromatic N) is 10. The molecule has 10 aliphatic rings. The Morgan fingerprint density at radius 1 is 0.435 bits per heavy atom. The van der Waals surface area contributed by atoms with E-state index in [0.29, 0.717) is 78.7 Å². The summed E-state index contributed by atoms with van der Waals surface area (Å²) >= 11 is 2.18. The number of halogens is 1. The zero-order valence-corrected chi connectivity index (χ0v) is 71.7. The van der Waals surface area contributed by atoms with E-state index < -0.39 is 151 Å². The number of rotatable bonds is 20. The Morgan fingerprint density at radius 3 is 1.06 bits per heavy atom. The van der Waals surface area contributed by atoms with Crippen molar-refractivity contribution in [2.45, 2.75) is 176 Å². The molecule has 19 N–H and O–H groups in total. The normalized spacial score (nSPS) is 33.1. The van der Waals surface area contributed by atoms with Crippen molar-refractivity contribution in [1.29, 1.82) is 0 Å². The molecule has 5 unspecified atom stereocenters. The summed E-state index contributed by atoms with van der Waals surface area (Å²) < 4.78 is 31.8. The van der Waals surface area contributed by atoms with Crippen LogP contribution in [0.15, 0.2) is 133 Å². The van der Waals surface area contributed by atoms with Crippen molar-refractivity contribution < 1.29 is 79.3 Å². The number of guanidine groups is 1. The van der Waals surface area contributed by atoms with Crippen molar-refractivity contribution in [2.24, 2.45) is 47.9 Å². The first-order valence-corrected chi connectivity index (χ1v) is 51.8. The molecular formula is C72H124IN15O15P5+. The summed E-state index contributed by atoms with van der Waals surface area (Å²) in [7, 11) is 0. The maximum absolute atomic E-state index is 10.3. The standard InChI is InChI=1S/C15H24IN2O3P.2C15H26N3O3P.C14H24N3O3P.C13H23N4O3P/c1-9-11(16)8-18(10(2)17-9)15-14(20)13(19)12(21-15)6-7-22(3,4)5;2*1-9-8-18(10(2)17-14(9)16)15-13(20)12(19)11(21-15)6-7-22(3,4)5;1-9-16-11(15)5-7-17(9)14-13(19)12(18)10(20-14)6-8-21(2,3)4;1-8-16-13(14)15-7-17(8)12-11(19)10(18)9(20-12)5-6-21(2,3)4/h8,12-15,19-20H,2-3,6-7H2,1,4-5H3;2*8,11-13,15,19-20H,2-3,6-7H2,1,4-5H3,(H2,16,17);5,7,10,12-14,18-19H,1-2,6,8H2,3-4H3,(H2,15,16);7,9-12,18-19H,1-2,5-6H2,3-4H3,(H2,14,16)/p+1/t12-,13-,14-,15?;2*11-,12-,13-,15?;10-,12-,13-,14?;9-,10-,11-,12?/m11111/s1. The Balaban J connectivity index is 0.000000211. The van der Waals surface area contributed by atoms with Gasteiger partial charge in [0, 0.05) is 35.9 Å². The molecule has 5 fully saturated rings. The van der Waals surface area contributed by atoms with Crippen LogP contribution in [0.5, 0.6) is 0 Å². The van der Waals surface area contributed by atoms with Gasteiger partial charge in [-0.1, -0.05) is 31.3 Å². The third-order valence-corrected chi connectivity index (χ3v) is 27.2. The molecule has 0 aromatic carbocycles. The monoisotopic (exact) mass is 1720 g/mol. The van der Waals surface area contributed by atoms with Gasteiger partial charge >= 0.3 is 5.96 Å².